The normalized spacial score (nSPS) is 10.6. The van der Waals surface area contributed by atoms with Crippen LogP contribution < -0.4 is 10.1 Å². The number of methoxy groups -OCH3 is 1. The monoisotopic (exact) mass is 305 g/mol. The summed E-state index contributed by atoms with van der Waals surface area (Å²) >= 11 is 5.96. The highest BCUT2D eigenvalue weighted by molar-refractivity contribution is 6.32. The molecule has 3 nitrogen and oxygen atoms in total. The van der Waals surface area contributed by atoms with Gasteiger partial charge in [0.1, 0.15) is 11.6 Å². The first kappa shape index (κ1) is 15.1. The third-order valence-corrected chi connectivity index (χ3v) is 3.03. The summed E-state index contributed by atoms with van der Waals surface area (Å²) in [7, 11) is 1.51. The molecule has 0 radical (unpaired) electrons. The largest absolute Gasteiger partial charge is 0.495 e. The number of rotatable bonds is 4. The smallest absolute Gasteiger partial charge is 0.248 e. The van der Waals surface area contributed by atoms with Crippen LogP contribution in [0.25, 0.3) is 6.08 Å². The highest BCUT2D eigenvalue weighted by Gasteiger charge is 2.04. The van der Waals surface area contributed by atoms with Crippen molar-refractivity contribution in [2.75, 3.05) is 12.4 Å². The first-order valence-electron chi connectivity index (χ1n) is 6.17. The van der Waals surface area contributed by atoms with E-state index in [1.54, 1.807) is 36.4 Å². The zero-order valence-corrected chi connectivity index (χ0v) is 12.0. The molecule has 0 spiro atoms. The fourth-order valence-electron chi connectivity index (χ4n) is 1.70. The topological polar surface area (TPSA) is 38.3 Å². The van der Waals surface area contributed by atoms with E-state index in [9.17, 15) is 9.18 Å². The molecule has 0 aliphatic carbocycles. The minimum Gasteiger partial charge on any atom is -0.495 e. The number of benzene rings is 2. The van der Waals surface area contributed by atoms with Crippen LogP contribution in [-0.4, -0.2) is 13.0 Å². The summed E-state index contributed by atoms with van der Waals surface area (Å²) < 4.78 is 18.4. The lowest BCUT2D eigenvalue weighted by Crippen LogP contribution is -2.07. The summed E-state index contributed by atoms with van der Waals surface area (Å²) in [5.74, 6) is -0.231. The van der Waals surface area contributed by atoms with E-state index in [1.807, 2.05) is 0 Å². The number of carbonyl (C=O) groups is 1. The Morgan fingerprint density at radius 3 is 2.71 bits per heavy atom. The highest BCUT2D eigenvalue weighted by atomic mass is 35.5. The molecule has 2 aromatic rings. The maximum Gasteiger partial charge on any atom is 0.248 e. The van der Waals surface area contributed by atoms with E-state index >= 15 is 0 Å². The van der Waals surface area contributed by atoms with Gasteiger partial charge in [0.25, 0.3) is 0 Å². The molecule has 0 saturated carbocycles. The number of ether oxygens (including phenoxy) is 1. The molecular weight excluding hydrogens is 293 g/mol. The lowest BCUT2D eigenvalue weighted by Gasteiger charge is -2.06. The highest BCUT2D eigenvalue weighted by Crippen LogP contribution is 2.27. The second kappa shape index (κ2) is 6.90. The van der Waals surface area contributed by atoms with Crippen LogP contribution >= 0.6 is 11.6 Å². The van der Waals surface area contributed by atoms with Gasteiger partial charge in [0.2, 0.25) is 5.91 Å². The van der Waals surface area contributed by atoms with Crippen LogP contribution in [0.2, 0.25) is 5.02 Å². The van der Waals surface area contributed by atoms with Gasteiger partial charge in [-0.15, -0.1) is 0 Å². The first-order chi connectivity index (χ1) is 10.1. The molecule has 5 heteroatoms. The van der Waals surface area contributed by atoms with E-state index in [4.69, 9.17) is 16.3 Å². The van der Waals surface area contributed by atoms with E-state index in [2.05, 4.69) is 5.32 Å². The van der Waals surface area contributed by atoms with E-state index in [0.29, 0.717) is 22.0 Å². The maximum atomic E-state index is 13.4. The van der Waals surface area contributed by atoms with Crippen molar-refractivity contribution in [3.63, 3.8) is 0 Å². The van der Waals surface area contributed by atoms with Gasteiger partial charge < -0.3 is 10.1 Å². The van der Waals surface area contributed by atoms with Gasteiger partial charge in [-0.3, -0.25) is 4.79 Å². The van der Waals surface area contributed by atoms with Crippen molar-refractivity contribution >= 4 is 29.3 Å². The molecule has 108 valence electrons. The quantitative estimate of drug-likeness (QED) is 0.862. The molecule has 0 aliphatic heterocycles. The van der Waals surface area contributed by atoms with Crippen LogP contribution in [-0.2, 0) is 4.79 Å². The fourth-order valence-corrected chi connectivity index (χ4v) is 1.96. The van der Waals surface area contributed by atoms with Gasteiger partial charge in [0.05, 0.1) is 12.1 Å². The second-order valence-corrected chi connectivity index (χ2v) is 4.60. The molecule has 1 N–H and O–H groups in total. The summed E-state index contributed by atoms with van der Waals surface area (Å²) in [4.78, 5) is 11.8. The minimum atomic E-state index is -0.381. The van der Waals surface area contributed by atoms with Crippen LogP contribution in [0.3, 0.4) is 0 Å². The van der Waals surface area contributed by atoms with Gasteiger partial charge in [-0.2, -0.15) is 0 Å². The third kappa shape index (κ3) is 4.07. The third-order valence-electron chi connectivity index (χ3n) is 2.74. The Labute approximate surface area is 127 Å². The Balaban J connectivity index is 2.05. The number of halogens is 2. The number of hydrogen-bond acceptors (Lipinski definition) is 2. The Morgan fingerprint density at radius 2 is 2.05 bits per heavy atom. The van der Waals surface area contributed by atoms with Gasteiger partial charge in [-0.25, -0.2) is 4.39 Å². The summed E-state index contributed by atoms with van der Waals surface area (Å²) in [6.45, 7) is 0. The number of amides is 1. The Morgan fingerprint density at radius 1 is 1.29 bits per heavy atom. The van der Waals surface area contributed by atoms with Crippen LogP contribution in [0.15, 0.2) is 48.5 Å². The Hall–Kier alpha value is -2.33. The summed E-state index contributed by atoms with van der Waals surface area (Å²) in [5, 5.41) is 3.03. The average Bonchev–Trinajstić information content (AvgIpc) is 2.46. The predicted molar refractivity (Wildman–Crippen MR) is 82.1 cm³/mol. The van der Waals surface area contributed by atoms with Gasteiger partial charge in [0, 0.05) is 17.3 Å². The van der Waals surface area contributed by atoms with E-state index in [-0.39, 0.29) is 11.7 Å². The Kier molecular flexibility index (Phi) is 4.95. The molecular formula is C16H13ClFNO2. The Bertz CT molecular complexity index is 686. The van der Waals surface area contributed by atoms with E-state index in [1.165, 1.54) is 25.3 Å². The maximum absolute atomic E-state index is 13.4. The van der Waals surface area contributed by atoms with E-state index < -0.39 is 0 Å². The van der Waals surface area contributed by atoms with Crippen molar-refractivity contribution in [1.82, 2.24) is 0 Å². The molecule has 0 saturated heterocycles. The molecule has 0 aliphatic rings. The molecule has 0 aromatic heterocycles. The predicted octanol–water partition coefficient (Wildman–Crippen LogP) is 4.14. The molecule has 0 bridgehead atoms. The molecule has 0 heterocycles. The zero-order chi connectivity index (χ0) is 15.2. The van der Waals surface area contributed by atoms with Crippen LogP contribution in [0.4, 0.5) is 10.1 Å². The van der Waals surface area contributed by atoms with Crippen LogP contribution in [0, 0.1) is 5.82 Å². The van der Waals surface area contributed by atoms with E-state index in [0.717, 1.165) is 0 Å². The number of hydrogen-bond donors (Lipinski definition) is 1. The molecule has 1 amide bonds. The molecule has 0 fully saturated rings. The summed E-state index contributed by atoms with van der Waals surface area (Å²) in [6.07, 6.45) is 2.67. The van der Waals surface area contributed by atoms with Gasteiger partial charge in [0.15, 0.2) is 0 Å². The summed E-state index contributed by atoms with van der Waals surface area (Å²) in [5.41, 5.74) is 0.879. The fraction of sp³-hybridized carbons (Fsp3) is 0.0625. The van der Waals surface area contributed by atoms with Crippen molar-refractivity contribution in [1.29, 1.82) is 0 Å². The molecule has 0 unspecified atom stereocenters. The summed E-state index contributed by atoms with van der Waals surface area (Å²) in [6, 6.07) is 11.1. The SMILES string of the molecule is COc1ccc(NC(=O)/C=C/c2ccccc2F)cc1Cl. The second-order valence-electron chi connectivity index (χ2n) is 4.19. The zero-order valence-electron chi connectivity index (χ0n) is 11.3. The van der Waals surface area contributed by atoms with Crippen molar-refractivity contribution < 1.29 is 13.9 Å². The van der Waals surface area contributed by atoms with Crippen LogP contribution in [0.1, 0.15) is 5.56 Å². The number of carbonyl (C=O) groups excluding carboxylic acids is 1. The molecule has 2 rings (SSSR count). The van der Waals surface area contributed by atoms with Crippen LogP contribution in [0.5, 0.6) is 5.75 Å². The molecule has 0 atom stereocenters. The lowest BCUT2D eigenvalue weighted by atomic mass is 10.2. The first-order valence-corrected chi connectivity index (χ1v) is 6.55. The average molecular weight is 306 g/mol. The van der Waals surface area contributed by atoms with Gasteiger partial charge in [-0.05, 0) is 30.3 Å². The number of anilines is 1. The van der Waals surface area contributed by atoms with Gasteiger partial charge in [-0.1, -0.05) is 29.8 Å². The molecule has 21 heavy (non-hydrogen) atoms. The lowest BCUT2D eigenvalue weighted by molar-refractivity contribution is -0.111. The minimum absolute atomic E-state index is 0.348. The van der Waals surface area contributed by atoms with Crippen molar-refractivity contribution in [2.24, 2.45) is 0 Å². The van der Waals surface area contributed by atoms with Crippen molar-refractivity contribution in [3.05, 3.63) is 64.9 Å². The van der Waals surface area contributed by atoms with Gasteiger partial charge >= 0.3 is 0 Å². The standard InChI is InChI=1S/C16H13ClFNO2/c1-21-15-8-7-12(10-13(15)17)19-16(20)9-6-11-4-2-3-5-14(11)18/h2-10H,1H3,(H,19,20)/b9-6+. The van der Waals surface area contributed by atoms with Crippen molar-refractivity contribution in [2.45, 2.75) is 0 Å². The number of nitrogens with one attached hydrogen (secondary N) is 1. The molecule has 2 aromatic carbocycles. The van der Waals surface area contributed by atoms with Crippen molar-refractivity contribution in [3.8, 4) is 5.75 Å².